The van der Waals surface area contributed by atoms with E-state index >= 15 is 0 Å². The van der Waals surface area contributed by atoms with Crippen molar-refractivity contribution in [1.29, 1.82) is 0 Å². The van der Waals surface area contributed by atoms with Crippen molar-refractivity contribution >= 4 is 15.9 Å². The van der Waals surface area contributed by atoms with Gasteiger partial charge in [0.25, 0.3) is 0 Å². The Morgan fingerprint density at radius 2 is 2.12 bits per heavy atom. The first-order valence-corrected chi connectivity index (χ1v) is 9.40. The molecule has 1 aromatic rings. The molecule has 0 radical (unpaired) electrons. The number of nitrogens with zero attached hydrogens (tertiary/aromatic N) is 1. The van der Waals surface area contributed by atoms with E-state index in [1.165, 1.54) is 30.5 Å². The fourth-order valence-corrected chi connectivity index (χ4v) is 3.74. The van der Waals surface area contributed by atoms with Crippen LogP contribution in [0.4, 0.5) is 4.39 Å². The molecule has 0 aromatic heterocycles. The molecule has 2 rings (SSSR count). The highest BCUT2D eigenvalue weighted by molar-refractivity contribution is 7.89. The molecule has 1 heterocycles. The second-order valence-electron chi connectivity index (χ2n) is 6.16. The Labute approximate surface area is 142 Å². The van der Waals surface area contributed by atoms with Crippen LogP contribution in [0.3, 0.4) is 0 Å². The average molecular weight is 358 g/mol. The van der Waals surface area contributed by atoms with Gasteiger partial charge in [-0.2, -0.15) is 0 Å². The van der Waals surface area contributed by atoms with Crippen LogP contribution in [-0.2, 0) is 26.0 Å². The minimum Gasteiger partial charge on any atom is -0.379 e. The lowest BCUT2D eigenvalue weighted by Crippen LogP contribution is -2.43. The minimum absolute atomic E-state index is 0.0607. The molecule has 134 valence electrons. The zero-order chi connectivity index (χ0) is 17.7. The number of rotatable bonds is 7. The molecule has 0 aliphatic carbocycles. The quantitative estimate of drug-likeness (QED) is 0.782. The highest BCUT2D eigenvalue weighted by Crippen LogP contribution is 2.17. The molecule has 24 heavy (non-hydrogen) atoms. The highest BCUT2D eigenvalue weighted by Gasteiger charge is 2.33. The molecule has 0 unspecified atom stereocenters. The molecule has 0 bridgehead atoms. The van der Waals surface area contributed by atoms with E-state index in [9.17, 15) is 17.6 Å². The van der Waals surface area contributed by atoms with Gasteiger partial charge in [-0.25, -0.2) is 17.1 Å². The number of sulfonamides is 1. The molecule has 1 N–H and O–H groups in total. The first-order chi connectivity index (χ1) is 11.3. The molecular weight excluding hydrogens is 335 g/mol. The molecule has 1 aromatic carbocycles. The smallest absolute Gasteiger partial charge is 0.220 e. The Hall–Kier alpha value is -1.51. The number of carbonyl (C=O) groups is 1. The van der Waals surface area contributed by atoms with Gasteiger partial charge in [-0.1, -0.05) is 12.1 Å². The zero-order valence-corrected chi connectivity index (χ0v) is 14.7. The van der Waals surface area contributed by atoms with Gasteiger partial charge >= 0.3 is 0 Å². The van der Waals surface area contributed by atoms with E-state index in [1.807, 2.05) is 0 Å². The molecular formula is C16H23FN2O4S. The van der Waals surface area contributed by atoms with Crippen LogP contribution < -0.4 is 5.32 Å². The number of nitrogens with one attached hydrogen (secondary N) is 1. The lowest BCUT2D eigenvalue weighted by molar-refractivity contribution is -0.122. The van der Waals surface area contributed by atoms with Gasteiger partial charge in [0.15, 0.2) is 0 Å². The fourth-order valence-electron chi connectivity index (χ4n) is 2.57. The second kappa shape index (κ2) is 8.04. The van der Waals surface area contributed by atoms with Gasteiger partial charge in [-0.05, 0) is 24.1 Å². The van der Waals surface area contributed by atoms with Crippen molar-refractivity contribution in [3.05, 3.63) is 35.6 Å². The third-order valence-electron chi connectivity index (χ3n) is 4.06. The Bertz CT molecular complexity index is 678. The lowest BCUT2D eigenvalue weighted by Gasteiger charge is -2.21. The largest absolute Gasteiger partial charge is 0.379 e. The van der Waals surface area contributed by atoms with E-state index in [4.69, 9.17) is 4.74 Å². The summed E-state index contributed by atoms with van der Waals surface area (Å²) in [6.07, 6.45) is 0.644. The van der Waals surface area contributed by atoms with Crippen LogP contribution in [0.2, 0.25) is 0 Å². The van der Waals surface area contributed by atoms with Crippen molar-refractivity contribution in [2.24, 2.45) is 5.92 Å². The predicted molar refractivity (Wildman–Crippen MR) is 88.4 cm³/mol. The fraction of sp³-hybridized carbons (Fsp3) is 0.562. The van der Waals surface area contributed by atoms with Gasteiger partial charge in [0, 0.05) is 26.4 Å². The maximum atomic E-state index is 13.1. The summed E-state index contributed by atoms with van der Waals surface area (Å²) >= 11 is 0. The number of amides is 1. The normalized spacial score (nSPS) is 21.2. The molecule has 1 saturated heterocycles. The van der Waals surface area contributed by atoms with E-state index in [0.29, 0.717) is 19.6 Å². The molecule has 0 saturated carbocycles. The SMILES string of the molecule is CN(C)S(=O)(=O)C[C@@H]1COC[C@H]1NC(=O)CCc1cccc(F)c1. The lowest BCUT2D eigenvalue weighted by atomic mass is 10.1. The number of halogens is 1. The summed E-state index contributed by atoms with van der Waals surface area (Å²) in [7, 11) is -0.382. The van der Waals surface area contributed by atoms with E-state index in [0.717, 1.165) is 5.56 Å². The third-order valence-corrected chi connectivity index (χ3v) is 6.02. The molecule has 1 aliphatic heterocycles. The van der Waals surface area contributed by atoms with E-state index in [2.05, 4.69) is 5.32 Å². The minimum atomic E-state index is -3.35. The molecule has 1 aliphatic rings. The van der Waals surface area contributed by atoms with Gasteiger partial charge in [-0.15, -0.1) is 0 Å². The Balaban J connectivity index is 1.86. The summed E-state index contributed by atoms with van der Waals surface area (Å²) in [5.41, 5.74) is 0.750. The zero-order valence-electron chi connectivity index (χ0n) is 13.9. The van der Waals surface area contributed by atoms with Crippen LogP contribution in [-0.4, -0.2) is 57.7 Å². The van der Waals surface area contributed by atoms with Crippen LogP contribution >= 0.6 is 0 Å². The van der Waals surface area contributed by atoms with Gasteiger partial charge in [0.2, 0.25) is 15.9 Å². The monoisotopic (exact) mass is 358 g/mol. The van der Waals surface area contributed by atoms with Gasteiger partial charge < -0.3 is 10.1 Å². The van der Waals surface area contributed by atoms with Crippen molar-refractivity contribution in [2.75, 3.05) is 33.1 Å². The number of hydrogen-bond acceptors (Lipinski definition) is 4. The summed E-state index contributed by atoms with van der Waals surface area (Å²) in [5, 5.41) is 2.83. The van der Waals surface area contributed by atoms with Crippen molar-refractivity contribution < 1.29 is 22.3 Å². The standard InChI is InChI=1S/C16H23FN2O4S/c1-19(2)24(21,22)11-13-9-23-10-15(13)18-16(20)7-6-12-4-3-5-14(17)8-12/h3-5,8,13,15H,6-7,9-11H2,1-2H3,(H,18,20)/t13-,15+/m0/s1. The Morgan fingerprint density at radius 3 is 2.79 bits per heavy atom. The number of ether oxygens (including phenoxy) is 1. The van der Waals surface area contributed by atoms with Gasteiger partial charge in [0.1, 0.15) is 5.82 Å². The van der Waals surface area contributed by atoms with Gasteiger partial charge in [-0.3, -0.25) is 4.79 Å². The summed E-state index contributed by atoms with van der Waals surface area (Å²) < 4.78 is 43.6. The molecule has 1 amide bonds. The summed E-state index contributed by atoms with van der Waals surface area (Å²) in [4.78, 5) is 12.1. The number of carbonyl (C=O) groups excluding carboxylic acids is 1. The topological polar surface area (TPSA) is 75.7 Å². The summed E-state index contributed by atoms with van der Waals surface area (Å²) in [5.74, 6) is -0.849. The summed E-state index contributed by atoms with van der Waals surface area (Å²) in [6.45, 7) is 0.612. The van der Waals surface area contributed by atoms with E-state index in [1.54, 1.807) is 12.1 Å². The highest BCUT2D eigenvalue weighted by atomic mass is 32.2. The van der Waals surface area contributed by atoms with Crippen molar-refractivity contribution in [1.82, 2.24) is 9.62 Å². The van der Waals surface area contributed by atoms with Crippen LogP contribution in [0.25, 0.3) is 0 Å². The second-order valence-corrected chi connectivity index (χ2v) is 8.39. The summed E-state index contributed by atoms with van der Waals surface area (Å²) in [6, 6.07) is 5.81. The Morgan fingerprint density at radius 1 is 1.38 bits per heavy atom. The van der Waals surface area contributed by atoms with Crippen molar-refractivity contribution in [3.63, 3.8) is 0 Å². The maximum absolute atomic E-state index is 13.1. The van der Waals surface area contributed by atoms with E-state index in [-0.39, 0.29) is 35.9 Å². The maximum Gasteiger partial charge on any atom is 0.220 e. The van der Waals surface area contributed by atoms with Crippen LogP contribution in [0, 0.1) is 11.7 Å². The molecule has 1 fully saturated rings. The number of aryl methyl sites for hydroxylation is 1. The average Bonchev–Trinajstić information content (AvgIpc) is 2.91. The number of hydrogen-bond donors (Lipinski definition) is 1. The molecule has 2 atom stereocenters. The van der Waals surface area contributed by atoms with E-state index < -0.39 is 10.0 Å². The first-order valence-electron chi connectivity index (χ1n) is 7.79. The molecule has 8 heteroatoms. The number of benzene rings is 1. The van der Waals surface area contributed by atoms with Crippen LogP contribution in [0.1, 0.15) is 12.0 Å². The van der Waals surface area contributed by atoms with Crippen molar-refractivity contribution in [2.45, 2.75) is 18.9 Å². The van der Waals surface area contributed by atoms with Crippen molar-refractivity contribution in [3.8, 4) is 0 Å². The first kappa shape index (κ1) is 18.8. The molecule has 6 nitrogen and oxygen atoms in total. The van der Waals surface area contributed by atoms with Gasteiger partial charge in [0.05, 0.1) is 25.0 Å². The van der Waals surface area contributed by atoms with Crippen LogP contribution in [0.5, 0.6) is 0 Å². The van der Waals surface area contributed by atoms with Crippen LogP contribution in [0.15, 0.2) is 24.3 Å². The Kier molecular flexibility index (Phi) is 6.31. The molecule has 0 spiro atoms. The predicted octanol–water partition coefficient (Wildman–Crippen LogP) is 0.781. The third kappa shape index (κ3) is 5.25.